The van der Waals surface area contributed by atoms with E-state index in [4.69, 9.17) is 4.55 Å². The maximum Gasteiger partial charge on any atom is 0.261 e. The molecule has 0 fully saturated rings. The molecule has 3 heterocycles. The molecule has 0 saturated carbocycles. The predicted octanol–water partition coefficient (Wildman–Crippen LogP) is 3.42. The van der Waals surface area contributed by atoms with Gasteiger partial charge < -0.3 is 4.57 Å². The molecule has 132 valence electrons. The third-order valence-corrected chi connectivity index (χ3v) is 5.17. The number of fused-ring (bicyclic) bond motifs is 3. The van der Waals surface area contributed by atoms with Crippen LogP contribution < -0.4 is 0 Å². The Kier molecular flexibility index (Phi) is 4.73. The Labute approximate surface area is 144 Å². The SMILES string of the molecule is CCN1CCc2c3n(c4ccccc24)C(C)CCC31.CS(=O)(=O)O. The third-order valence-electron chi connectivity index (χ3n) is 5.17. The van der Waals surface area contributed by atoms with Gasteiger partial charge in [0, 0.05) is 29.2 Å². The van der Waals surface area contributed by atoms with E-state index in [1.807, 2.05) is 0 Å². The lowest BCUT2D eigenvalue weighted by Gasteiger charge is -2.41. The van der Waals surface area contributed by atoms with E-state index in [2.05, 4.69) is 47.6 Å². The van der Waals surface area contributed by atoms with Crippen LogP contribution in [0.15, 0.2) is 24.3 Å². The van der Waals surface area contributed by atoms with Gasteiger partial charge in [-0.3, -0.25) is 9.45 Å². The second-order valence-corrected chi connectivity index (χ2v) is 8.27. The Bertz CT molecular complexity index is 833. The molecule has 1 aromatic heterocycles. The van der Waals surface area contributed by atoms with Crippen LogP contribution in [-0.4, -0.2) is 41.8 Å². The summed E-state index contributed by atoms with van der Waals surface area (Å²) in [6.07, 6.45) is 4.58. The minimum atomic E-state index is -3.67. The molecule has 6 heteroatoms. The first-order valence-corrected chi connectivity index (χ1v) is 10.4. The zero-order valence-electron chi connectivity index (χ0n) is 14.6. The van der Waals surface area contributed by atoms with E-state index < -0.39 is 10.1 Å². The number of benzene rings is 1. The van der Waals surface area contributed by atoms with E-state index in [0.717, 1.165) is 0 Å². The Morgan fingerprint density at radius 3 is 2.58 bits per heavy atom. The lowest BCUT2D eigenvalue weighted by atomic mass is 9.90. The molecule has 2 aliphatic heterocycles. The minimum Gasteiger partial charge on any atom is -0.340 e. The van der Waals surface area contributed by atoms with Gasteiger partial charge in [0.15, 0.2) is 0 Å². The average molecular weight is 350 g/mol. The number of nitrogens with zero attached hydrogens (tertiary/aromatic N) is 2. The van der Waals surface area contributed by atoms with Crippen LogP contribution in [0.2, 0.25) is 0 Å². The number of hydrogen-bond donors (Lipinski definition) is 1. The van der Waals surface area contributed by atoms with Crippen LogP contribution in [0.1, 0.15) is 50.0 Å². The average Bonchev–Trinajstić information content (AvgIpc) is 2.86. The summed E-state index contributed by atoms with van der Waals surface area (Å²) in [5.41, 5.74) is 4.73. The van der Waals surface area contributed by atoms with Gasteiger partial charge in [-0.05, 0) is 44.4 Å². The van der Waals surface area contributed by atoms with E-state index in [0.29, 0.717) is 18.3 Å². The van der Waals surface area contributed by atoms with Gasteiger partial charge in [-0.2, -0.15) is 8.42 Å². The van der Waals surface area contributed by atoms with E-state index in [1.54, 1.807) is 11.3 Å². The van der Waals surface area contributed by atoms with Crippen molar-refractivity contribution >= 4 is 21.0 Å². The molecule has 24 heavy (non-hydrogen) atoms. The molecule has 0 spiro atoms. The molecular weight excluding hydrogens is 324 g/mol. The zero-order valence-corrected chi connectivity index (χ0v) is 15.4. The molecular formula is C18H26N2O3S. The first kappa shape index (κ1) is 17.5. The van der Waals surface area contributed by atoms with Gasteiger partial charge in [0.2, 0.25) is 0 Å². The second kappa shape index (κ2) is 6.50. The van der Waals surface area contributed by atoms with Crippen LogP contribution in [0.25, 0.3) is 10.9 Å². The number of likely N-dealkylation sites (N-methyl/N-ethyl adjacent to an activating group) is 1. The van der Waals surface area contributed by atoms with E-state index in [1.165, 1.54) is 43.3 Å². The minimum absolute atomic E-state index is 0.654. The van der Waals surface area contributed by atoms with Crippen molar-refractivity contribution in [1.82, 2.24) is 9.47 Å². The summed E-state index contributed by atoms with van der Waals surface area (Å²) in [5.74, 6) is 0. The smallest absolute Gasteiger partial charge is 0.261 e. The monoisotopic (exact) mass is 350 g/mol. The standard InChI is InChI=1S/C17H22N2.CH4O3S/c1-3-18-11-10-14-13-6-4-5-7-15(13)19-12(2)8-9-16(18)17(14)19;1-5(2,3)4/h4-7,12,16H,3,8-11H2,1-2H3;1H3,(H,2,3,4). The van der Waals surface area contributed by atoms with Crippen molar-refractivity contribution < 1.29 is 13.0 Å². The highest BCUT2D eigenvalue weighted by Crippen LogP contribution is 2.45. The number of aromatic nitrogens is 1. The van der Waals surface area contributed by atoms with Crippen molar-refractivity contribution in [3.05, 3.63) is 35.5 Å². The van der Waals surface area contributed by atoms with Crippen molar-refractivity contribution in [3.63, 3.8) is 0 Å². The maximum atomic E-state index is 9.19. The lowest BCUT2D eigenvalue weighted by Crippen LogP contribution is -2.38. The van der Waals surface area contributed by atoms with Gasteiger partial charge >= 0.3 is 0 Å². The lowest BCUT2D eigenvalue weighted by molar-refractivity contribution is 0.151. The molecule has 2 aliphatic rings. The van der Waals surface area contributed by atoms with Crippen LogP contribution in [0.5, 0.6) is 0 Å². The van der Waals surface area contributed by atoms with Crippen LogP contribution in [0.4, 0.5) is 0 Å². The van der Waals surface area contributed by atoms with Crippen molar-refractivity contribution in [2.75, 3.05) is 19.3 Å². The highest BCUT2D eigenvalue weighted by molar-refractivity contribution is 7.85. The fourth-order valence-electron chi connectivity index (χ4n) is 4.26. The fourth-order valence-corrected chi connectivity index (χ4v) is 4.26. The Morgan fingerprint density at radius 1 is 1.25 bits per heavy atom. The number of rotatable bonds is 1. The summed E-state index contributed by atoms with van der Waals surface area (Å²) in [6, 6.07) is 10.3. The molecule has 2 unspecified atom stereocenters. The molecule has 0 radical (unpaired) electrons. The molecule has 0 aliphatic carbocycles. The quantitative estimate of drug-likeness (QED) is 0.801. The zero-order chi connectivity index (χ0) is 17.5. The largest absolute Gasteiger partial charge is 0.340 e. The molecule has 2 atom stereocenters. The molecule has 2 aromatic rings. The Hall–Kier alpha value is -1.37. The molecule has 1 aromatic carbocycles. The van der Waals surface area contributed by atoms with Gasteiger partial charge in [-0.25, -0.2) is 0 Å². The highest BCUT2D eigenvalue weighted by atomic mass is 32.2. The van der Waals surface area contributed by atoms with Crippen molar-refractivity contribution in [2.45, 2.75) is 45.2 Å². The summed E-state index contributed by atoms with van der Waals surface area (Å²) in [6.45, 7) is 7.10. The number of hydrogen-bond acceptors (Lipinski definition) is 3. The molecule has 5 nitrogen and oxygen atoms in total. The summed E-state index contributed by atoms with van der Waals surface area (Å²) in [5, 5.41) is 1.51. The molecule has 0 amide bonds. The molecule has 0 saturated heterocycles. The number of para-hydroxylation sites is 1. The van der Waals surface area contributed by atoms with E-state index in [9.17, 15) is 8.42 Å². The van der Waals surface area contributed by atoms with Crippen LogP contribution in [0, 0.1) is 0 Å². The first-order valence-electron chi connectivity index (χ1n) is 8.59. The van der Waals surface area contributed by atoms with Gasteiger partial charge in [0.25, 0.3) is 10.1 Å². The topological polar surface area (TPSA) is 62.5 Å². The van der Waals surface area contributed by atoms with E-state index in [-0.39, 0.29) is 0 Å². The third kappa shape index (κ3) is 3.23. The van der Waals surface area contributed by atoms with Gasteiger partial charge in [0.05, 0.1) is 12.3 Å². The summed E-state index contributed by atoms with van der Waals surface area (Å²) >= 11 is 0. The normalized spacial score (nSPS) is 23.5. The maximum absolute atomic E-state index is 9.19. The second-order valence-electron chi connectivity index (χ2n) is 6.80. The van der Waals surface area contributed by atoms with Crippen LogP contribution in [0.3, 0.4) is 0 Å². The summed E-state index contributed by atoms with van der Waals surface area (Å²) < 4.78 is 28.5. The van der Waals surface area contributed by atoms with Crippen molar-refractivity contribution in [1.29, 1.82) is 0 Å². The summed E-state index contributed by atoms with van der Waals surface area (Å²) in [7, 11) is -3.67. The van der Waals surface area contributed by atoms with Gasteiger partial charge in [-0.1, -0.05) is 25.1 Å². The predicted molar refractivity (Wildman–Crippen MR) is 97.0 cm³/mol. The van der Waals surface area contributed by atoms with Gasteiger partial charge in [0.1, 0.15) is 0 Å². The molecule has 4 rings (SSSR count). The molecule has 0 bridgehead atoms. The Morgan fingerprint density at radius 2 is 1.92 bits per heavy atom. The van der Waals surface area contributed by atoms with Crippen molar-refractivity contribution in [3.8, 4) is 0 Å². The van der Waals surface area contributed by atoms with E-state index >= 15 is 0 Å². The van der Waals surface area contributed by atoms with Crippen LogP contribution in [-0.2, 0) is 16.5 Å². The summed E-state index contributed by atoms with van der Waals surface area (Å²) in [4.78, 5) is 2.67. The van der Waals surface area contributed by atoms with Gasteiger partial charge in [-0.15, -0.1) is 0 Å². The molecule has 1 N–H and O–H groups in total. The first-order chi connectivity index (χ1) is 11.3. The van der Waals surface area contributed by atoms with Crippen molar-refractivity contribution in [2.24, 2.45) is 0 Å². The highest BCUT2D eigenvalue weighted by Gasteiger charge is 2.36. The fraction of sp³-hybridized carbons (Fsp3) is 0.556. The van der Waals surface area contributed by atoms with Crippen LogP contribution >= 0.6 is 0 Å². The Balaban J connectivity index is 0.000000300.